The lowest BCUT2D eigenvalue weighted by Crippen LogP contribution is -2.57. The number of para-hydroxylation sites is 1. The van der Waals surface area contributed by atoms with E-state index in [1.165, 1.54) is 0 Å². The summed E-state index contributed by atoms with van der Waals surface area (Å²) in [6.45, 7) is 7.07. The number of amides is 1. The molecule has 3 aromatic rings. The van der Waals surface area contributed by atoms with Gasteiger partial charge < -0.3 is 14.6 Å². The fourth-order valence-corrected chi connectivity index (χ4v) is 4.70. The average molecular weight is 408 g/mol. The van der Waals surface area contributed by atoms with Gasteiger partial charge in [0.1, 0.15) is 5.52 Å². The number of aromatic nitrogens is 1. The fraction of sp³-hybridized carbons (Fsp3) is 0.304. The number of nitrogens with one attached hydrogen (secondary N) is 1. The van der Waals surface area contributed by atoms with E-state index in [4.69, 9.17) is 16.0 Å². The van der Waals surface area contributed by atoms with Crippen LogP contribution in [-0.2, 0) is 0 Å². The summed E-state index contributed by atoms with van der Waals surface area (Å²) in [5, 5.41) is 3.86. The monoisotopic (exact) mass is 407 g/mol. The topological polar surface area (TPSA) is 58.4 Å². The van der Waals surface area contributed by atoms with E-state index in [1.807, 2.05) is 30.3 Å². The molecule has 1 unspecified atom stereocenters. The van der Waals surface area contributed by atoms with Crippen molar-refractivity contribution >= 4 is 34.7 Å². The molecule has 2 bridgehead atoms. The molecule has 1 aromatic heterocycles. The van der Waals surface area contributed by atoms with Gasteiger partial charge in [0.2, 0.25) is 5.89 Å². The minimum Gasteiger partial charge on any atom is -0.436 e. The van der Waals surface area contributed by atoms with Gasteiger partial charge in [-0.3, -0.25) is 4.79 Å². The normalized spacial score (nSPS) is 23.3. The molecule has 0 saturated carbocycles. The average Bonchev–Trinajstić information content (AvgIpc) is 3.18. The number of fused-ring (bicyclic) bond motifs is 4. The van der Waals surface area contributed by atoms with Crippen molar-refractivity contribution < 1.29 is 9.21 Å². The predicted octanol–water partition coefficient (Wildman–Crippen LogP) is 4.62. The molecular weight excluding hydrogens is 386 g/mol. The Morgan fingerprint density at radius 3 is 2.83 bits per heavy atom. The van der Waals surface area contributed by atoms with Crippen LogP contribution in [0.15, 0.2) is 47.4 Å². The number of carbonyl (C=O) groups is 1. The maximum absolute atomic E-state index is 13.1. The third kappa shape index (κ3) is 3.34. The Kier molecular flexibility index (Phi) is 4.64. The highest BCUT2D eigenvalue weighted by Gasteiger charge is 2.35. The maximum Gasteiger partial charge on any atom is 0.253 e. The van der Waals surface area contributed by atoms with Crippen LogP contribution in [-0.4, -0.2) is 41.5 Å². The number of benzene rings is 2. The summed E-state index contributed by atoms with van der Waals surface area (Å²) < 4.78 is 5.98. The number of oxazole rings is 1. The van der Waals surface area contributed by atoms with Crippen molar-refractivity contribution in [2.45, 2.75) is 18.9 Å². The first kappa shape index (κ1) is 18.4. The summed E-state index contributed by atoms with van der Waals surface area (Å²) in [6, 6.07) is 11.1. The number of halogens is 1. The van der Waals surface area contributed by atoms with E-state index < -0.39 is 0 Å². The Hall–Kier alpha value is -2.63. The molecule has 1 N–H and O–H groups in total. The third-order valence-electron chi connectivity index (χ3n) is 6.10. The van der Waals surface area contributed by atoms with Crippen LogP contribution in [0.3, 0.4) is 0 Å². The molecule has 4 heterocycles. The standard InChI is InChI=1S/C23H22ClN3O2/c1-2-14-12-16(24)6-7-17(14)23-26-21-18(4-3-5-20(21)29-23)22(28)25-19-13-27-10-8-15(19)9-11-27/h2-7,12,15,19H,1,8-11,13H2,(H,25,28). The molecule has 3 fully saturated rings. The Balaban J connectivity index is 1.48. The Morgan fingerprint density at radius 2 is 2.10 bits per heavy atom. The number of hydrogen-bond donors (Lipinski definition) is 1. The van der Waals surface area contributed by atoms with Crippen molar-refractivity contribution in [1.82, 2.24) is 15.2 Å². The summed E-state index contributed by atoms with van der Waals surface area (Å²) in [4.78, 5) is 20.2. The zero-order chi connectivity index (χ0) is 20.0. The molecule has 0 aliphatic carbocycles. The van der Waals surface area contributed by atoms with Gasteiger partial charge >= 0.3 is 0 Å². The number of carbonyl (C=O) groups excluding carboxylic acids is 1. The first-order valence-corrected chi connectivity index (χ1v) is 10.4. The van der Waals surface area contributed by atoms with Gasteiger partial charge in [0, 0.05) is 23.2 Å². The van der Waals surface area contributed by atoms with Gasteiger partial charge in [0.15, 0.2) is 5.58 Å². The second-order valence-corrected chi connectivity index (χ2v) is 8.26. The molecule has 1 atom stereocenters. The van der Waals surface area contributed by atoms with Gasteiger partial charge in [0.05, 0.1) is 5.56 Å². The molecule has 0 radical (unpaired) electrons. The van der Waals surface area contributed by atoms with E-state index in [2.05, 4.69) is 21.8 Å². The van der Waals surface area contributed by atoms with Crippen molar-refractivity contribution in [2.24, 2.45) is 5.92 Å². The highest BCUT2D eigenvalue weighted by Crippen LogP contribution is 2.31. The van der Waals surface area contributed by atoms with E-state index in [0.717, 1.165) is 43.6 Å². The molecule has 29 heavy (non-hydrogen) atoms. The predicted molar refractivity (Wildman–Crippen MR) is 115 cm³/mol. The Bertz CT molecular complexity index is 1100. The zero-order valence-corrected chi connectivity index (χ0v) is 16.8. The molecule has 0 spiro atoms. The SMILES string of the molecule is C=Cc1cc(Cl)ccc1-c1nc2c(C(=O)NC3CN4CCC3CC4)cccc2o1. The number of piperidine rings is 3. The van der Waals surface area contributed by atoms with Crippen LogP contribution < -0.4 is 5.32 Å². The van der Waals surface area contributed by atoms with Crippen molar-refractivity contribution in [2.75, 3.05) is 19.6 Å². The first-order chi connectivity index (χ1) is 14.1. The van der Waals surface area contributed by atoms with Gasteiger partial charge in [-0.05, 0) is 67.7 Å². The van der Waals surface area contributed by atoms with Gasteiger partial charge in [-0.15, -0.1) is 0 Å². The number of nitrogens with zero attached hydrogens (tertiary/aromatic N) is 2. The van der Waals surface area contributed by atoms with Crippen molar-refractivity contribution in [3.63, 3.8) is 0 Å². The zero-order valence-electron chi connectivity index (χ0n) is 16.0. The summed E-state index contributed by atoms with van der Waals surface area (Å²) in [7, 11) is 0. The van der Waals surface area contributed by atoms with E-state index >= 15 is 0 Å². The minimum absolute atomic E-state index is 0.0887. The molecule has 5 nitrogen and oxygen atoms in total. The molecular formula is C23H22ClN3O2. The maximum atomic E-state index is 13.1. The van der Waals surface area contributed by atoms with Crippen LogP contribution in [0.1, 0.15) is 28.8 Å². The summed E-state index contributed by atoms with van der Waals surface area (Å²) in [6.07, 6.45) is 4.03. The summed E-state index contributed by atoms with van der Waals surface area (Å²) >= 11 is 6.09. The lowest BCUT2D eigenvalue weighted by atomic mass is 9.84. The smallest absolute Gasteiger partial charge is 0.253 e. The molecule has 3 aliphatic heterocycles. The number of rotatable bonds is 4. The number of hydrogen-bond acceptors (Lipinski definition) is 4. The molecule has 3 saturated heterocycles. The van der Waals surface area contributed by atoms with E-state index in [-0.39, 0.29) is 11.9 Å². The molecule has 148 valence electrons. The first-order valence-electron chi connectivity index (χ1n) is 9.97. The summed E-state index contributed by atoms with van der Waals surface area (Å²) in [5.41, 5.74) is 3.34. The molecule has 6 heteroatoms. The molecule has 6 rings (SSSR count). The van der Waals surface area contributed by atoms with Crippen LogP contribution in [0.5, 0.6) is 0 Å². The van der Waals surface area contributed by atoms with Crippen LogP contribution >= 0.6 is 11.6 Å². The lowest BCUT2D eigenvalue weighted by Gasteiger charge is -2.44. The molecule has 1 amide bonds. The van der Waals surface area contributed by atoms with Crippen LogP contribution in [0.2, 0.25) is 5.02 Å². The van der Waals surface area contributed by atoms with Crippen LogP contribution in [0.25, 0.3) is 28.6 Å². The van der Waals surface area contributed by atoms with E-state index in [0.29, 0.717) is 33.5 Å². The fourth-order valence-electron chi connectivity index (χ4n) is 4.52. The Morgan fingerprint density at radius 1 is 1.28 bits per heavy atom. The van der Waals surface area contributed by atoms with Crippen molar-refractivity contribution in [3.05, 3.63) is 59.1 Å². The second-order valence-electron chi connectivity index (χ2n) is 7.83. The summed E-state index contributed by atoms with van der Waals surface area (Å²) in [5.74, 6) is 0.934. The minimum atomic E-state index is -0.0887. The highest BCUT2D eigenvalue weighted by atomic mass is 35.5. The molecule has 3 aliphatic rings. The van der Waals surface area contributed by atoms with Crippen molar-refractivity contribution in [1.29, 1.82) is 0 Å². The van der Waals surface area contributed by atoms with Gasteiger partial charge in [-0.1, -0.05) is 30.3 Å². The van der Waals surface area contributed by atoms with Crippen LogP contribution in [0, 0.1) is 5.92 Å². The largest absolute Gasteiger partial charge is 0.436 e. The van der Waals surface area contributed by atoms with Gasteiger partial charge in [0.25, 0.3) is 5.91 Å². The van der Waals surface area contributed by atoms with Gasteiger partial charge in [-0.25, -0.2) is 4.98 Å². The van der Waals surface area contributed by atoms with Gasteiger partial charge in [-0.2, -0.15) is 0 Å². The quantitative estimate of drug-likeness (QED) is 0.685. The van der Waals surface area contributed by atoms with E-state index in [1.54, 1.807) is 12.1 Å². The Labute approximate surface area is 174 Å². The second kappa shape index (κ2) is 7.32. The third-order valence-corrected chi connectivity index (χ3v) is 6.34. The van der Waals surface area contributed by atoms with E-state index in [9.17, 15) is 4.79 Å². The highest BCUT2D eigenvalue weighted by molar-refractivity contribution is 6.30. The van der Waals surface area contributed by atoms with Crippen molar-refractivity contribution in [3.8, 4) is 11.5 Å². The molecule has 2 aromatic carbocycles. The van der Waals surface area contributed by atoms with Crippen LogP contribution in [0.4, 0.5) is 0 Å². The lowest BCUT2D eigenvalue weighted by molar-refractivity contribution is 0.0621.